The first-order valence-electron chi connectivity index (χ1n) is 2.70. The SMILES string of the molecule is C=[PH](Br)c1ccccc1. The highest BCUT2D eigenvalue weighted by molar-refractivity contribution is 9.39. The van der Waals surface area contributed by atoms with E-state index in [2.05, 4.69) is 33.9 Å². The normalized spacial score (nSPS) is 13.0. The minimum Gasteiger partial charge on any atom is -0.0896 e. The predicted octanol–water partition coefficient (Wildman–Crippen LogP) is 2.27. The molecular weight excluding hydrogens is 195 g/mol. The van der Waals surface area contributed by atoms with E-state index in [9.17, 15) is 0 Å². The van der Waals surface area contributed by atoms with Gasteiger partial charge in [0, 0.05) is 0 Å². The average Bonchev–Trinajstić information content (AvgIpc) is 1.90. The van der Waals surface area contributed by atoms with Gasteiger partial charge in [0.25, 0.3) is 0 Å². The maximum absolute atomic E-state index is 3.93. The van der Waals surface area contributed by atoms with Gasteiger partial charge in [0.15, 0.2) is 0 Å². The van der Waals surface area contributed by atoms with Gasteiger partial charge in [-0.1, -0.05) is 52.1 Å². The Morgan fingerprint density at radius 1 is 1.22 bits per heavy atom. The van der Waals surface area contributed by atoms with Crippen molar-refractivity contribution in [3.05, 3.63) is 30.3 Å². The third-order valence-electron chi connectivity index (χ3n) is 1.09. The number of benzene rings is 1. The van der Waals surface area contributed by atoms with Crippen molar-refractivity contribution >= 4 is 33.3 Å². The first-order valence-corrected chi connectivity index (χ1v) is 6.67. The summed E-state index contributed by atoms with van der Waals surface area (Å²) < 4.78 is 0. The van der Waals surface area contributed by atoms with Gasteiger partial charge in [-0.05, 0) is 11.6 Å². The van der Waals surface area contributed by atoms with Crippen molar-refractivity contribution in [1.82, 2.24) is 0 Å². The first-order chi connectivity index (χ1) is 4.30. The second-order valence-corrected chi connectivity index (χ2v) is 6.03. The van der Waals surface area contributed by atoms with E-state index in [1.54, 1.807) is 0 Å². The molecule has 0 N–H and O–H groups in total. The second kappa shape index (κ2) is 3.24. The Morgan fingerprint density at radius 3 is 2.11 bits per heavy atom. The van der Waals surface area contributed by atoms with E-state index in [4.69, 9.17) is 0 Å². The molecule has 0 aromatic heterocycles. The zero-order valence-electron chi connectivity index (χ0n) is 4.97. The first kappa shape index (κ1) is 7.11. The van der Waals surface area contributed by atoms with Crippen molar-refractivity contribution < 1.29 is 0 Å². The van der Waals surface area contributed by atoms with E-state index >= 15 is 0 Å². The van der Waals surface area contributed by atoms with Gasteiger partial charge >= 0.3 is 0 Å². The molecule has 0 bridgehead atoms. The fourth-order valence-electron chi connectivity index (χ4n) is 0.619. The van der Waals surface area contributed by atoms with Gasteiger partial charge in [-0.15, -0.1) is 0 Å². The number of halogens is 1. The van der Waals surface area contributed by atoms with Crippen LogP contribution in [0, 0.1) is 0 Å². The second-order valence-electron chi connectivity index (χ2n) is 1.77. The van der Waals surface area contributed by atoms with Crippen LogP contribution in [-0.4, -0.2) is 6.30 Å². The largest absolute Gasteiger partial charge is 0.0896 e. The lowest BCUT2D eigenvalue weighted by Crippen LogP contribution is -1.88. The van der Waals surface area contributed by atoms with Crippen molar-refractivity contribution in [3.63, 3.8) is 0 Å². The average molecular weight is 203 g/mol. The molecule has 2 heteroatoms. The van der Waals surface area contributed by atoms with Gasteiger partial charge < -0.3 is 0 Å². The molecule has 1 atom stereocenters. The zero-order chi connectivity index (χ0) is 6.69. The standard InChI is InChI=1S/C7H8BrP/c1-9(8)7-5-3-2-4-6-7/h2-6,9H,1H2. The summed E-state index contributed by atoms with van der Waals surface area (Å²) in [5.74, 6) is 0. The minimum absolute atomic E-state index is 0.650. The molecule has 0 aliphatic rings. The van der Waals surface area contributed by atoms with Gasteiger partial charge in [0.1, 0.15) is 0 Å². The molecule has 0 fully saturated rings. The molecule has 0 radical (unpaired) electrons. The summed E-state index contributed by atoms with van der Waals surface area (Å²) in [6.07, 6.45) is 3.28. The summed E-state index contributed by atoms with van der Waals surface area (Å²) in [6, 6.07) is 10.3. The highest BCUT2D eigenvalue weighted by Crippen LogP contribution is 2.27. The van der Waals surface area contributed by atoms with Crippen molar-refractivity contribution in [2.45, 2.75) is 0 Å². The molecule has 0 saturated carbocycles. The maximum atomic E-state index is 3.93. The highest BCUT2D eigenvalue weighted by Gasteiger charge is 1.86. The van der Waals surface area contributed by atoms with E-state index in [1.807, 2.05) is 18.2 Å². The Balaban J connectivity index is 2.98. The molecule has 1 aromatic rings. The van der Waals surface area contributed by atoms with Crippen LogP contribution in [0.2, 0.25) is 0 Å². The van der Waals surface area contributed by atoms with E-state index in [1.165, 1.54) is 5.30 Å². The summed E-state index contributed by atoms with van der Waals surface area (Å²) in [5.41, 5.74) is 0. The molecule has 0 heterocycles. The summed E-state index contributed by atoms with van der Waals surface area (Å²) in [5, 5.41) is 1.32. The third-order valence-corrected chi connectivity index (χ3v) is 3.42. The van der Waals surface area contributed by atoms with Crippen LogP contribution in [0.3, 0.4) is 0 Å². The molecule has 0 spiro atoms. The molecular formula is C7H8BrP. The summed E-state index contributed by atoms with van der Waals surface area (Å²) in [6.45, 7) is 0. The van der Waals surface area contributed by atoms with Gasteiger partial charge in [-0.2, -0.15) is 0 Å². The quantitative estimate of drug-likeness (QED) is 0.614. The molecule has 0 saturated heterocycles. The Labute approximate surface area is 64.0 Å². The van der Waals surface area contributed by atoms with Crippen LogP contribution in [0.5, 0.6) is 0 Å². The Kier molecular flexibility index (Phi) is 2.56. The highest BCUT2D eigenvalue weighted by atomic mass is 79.9. The molecule has 0 aliphatic carbocycles. The lowest BCUT2D eigenvalue weighted by Gasteiger charge is -1.94. The predicted molar refractivity (Wildman–Crippen MR) is 50.4 cm³/mol. The van der Waals surface area contributed by atoms with Crippen LogP contribution in [0.4, 0.5) is 0 Å². The molecule has 1 rings (SSSR count). The van der Waals surface area contributed by atoms with Crippen molar-refractivity contribution in [1.29, 1.82) is 0 Å². The van der Waals surface area contributed by atoms with Gasteiger partial charge in [0.05, 0.1) is 0 Å². The Hall–Kier alpha value is 0. The van der Waals surface area contributed by atoms with Crippen molar-refractivity contribution in [3.8, 4) is 0 Å². The lowest BCUT2D eigenvalue weighted by atomic mass is 10.4. The molecule has 0 aliphatic heterocycles. The van der Waals surface area contributed by atoms with Crippen molar-refractivity contribution in [2.75, 3.05) is 0 Å². The van der Waals surface area contributed by atoms with Gasteiger partial charge in [0.2, 0.25) is 0 Å². The minimum atomic E-state index is -0.650. The zero-order valence-corrected chi connectivity index (χ0v) is 7.56. The van der Waals surface area contributed by atoms with Crippen LogP contribution in [0.25, 0.3) is 0 Å². The summed E-state index contributed by atoms with van der Waals surface area (Å²) >= 11 is 3.47. The monoisotopic (exact) mass is 202 g/mol. The number of rotatable bonds is 1. The Bertz CT molecular complexity index is 205. The molecule has 48 valence electrons. The van der Waals surface area contributed by atoms with E-state index in [0.29, 0.717) is 0 Å². The van der Waals surface area contributed by atoms with E-state index < -0.39 is 6.25 Å². The van der Waals surface area contributed by atoms with Crippen LogP contribution >= 0.6 is 21.7 Å². The van der Waals surface area contributed by atoms with Gasteiger partial charge in [-0.3, -0.25) is 0 Å². The summed E-state index contributed by atoms with van der Waals surface area (Å²) in [4.78, 5) is 0. The molecule has 1 aromatic carbocycles. The molecule has 0 amide bonds. The maximum Gasteiger partial charge on any atom is -0.0175 e. The number of hydrogen-bond donors (Lipinski definition) is 0. The topological polar surface area (TPSA) is 0 Å². The third kappa shape index (κ3) is 2.00. The molecule has 1 unspecified atom stereocenters. The van der Waals surface area contributed by atoms with Gasteiger partial charge in [-0.25, -0.2) is 0 Å². The Morgan fingerprint density at radius 2 is 1.78 bits per heavy atom. The van der Waals surface area contributed by atoms with Crippen LogP contribution in [-0.2, 0) is 0 Å². The van der Waals surface area contributed by atoms with Crippen LogP contribution in [0.1, 0.15) is 0 Å². The molecule has 0 nitrogen and oxygen atoms in total. The lowest BCUT2D eigenvalue weighted by molar-refractivity contribution is 1.78. The molecule has 9 heavy (non-hydrogen) atoms. The fourth-order valence-corrected chi connectivity index (χ4v) is 1.97. The van der Waals surface area contributed by atoms with E-state index in [-0.39, 0.29) is 0 Å². The van der Waals surface area contributed by atoms with E-state index in [0.717, 1.165) is 0 Å². The number of hydrogen-bond acceptors (Lipinski definition) is 0. The summed E-state index contributed by atoms with van der Waals surface area (Å²) in [7, 11) is 0. The van der Waals surface area contributed by atoms with Crippen LogP contribution < -0.4 is 5.30 Å². The van der Waals surface area contributed by atoms with Crippen LogP contribution in [0.15, 0.2) is 30.3 Å². The fraction of sp³-hybridized carbons (Fsp3) is 0. The smallest absolute Gasteiger partial charge is 0.0175 e. The van der Waals surface area contributed by atoms with Crippen molar-refractivity contribution in [2.24, 2.45) is 0 Å².